The van der Waals surface area contributed by atoms with Gasteiger partial charge in [0.25, 0.3) is 5.76 Å². The summed E-state index contributed by atoms with van der Waals surface area (Å²) in [6.45, 7) is 5.42. The van der Waals surface area contributed by atoms with Crippen molar-refractivity contribution in [3.8, 4) is 17.2 Å². The van der Waals surface area contributed by atoms with Crippen LogP contribution in [0.4, 0.5) is 13.2 Å². The van der Waals surface area contributed by atoms with E-state index in [4.69, 9.17) is 13.9 Å². The van der Waals surface area contributed by atoms with Crippen molar-refractivity contribution in [2.24, 2.45) is 0 Å². The van der Waals surface area contributed by atoms with Gasteiger partial charge in [-0.25, -0.2) is 4.79 Å². The Kier molecular flexibility index (Phi) is 6.46. The van der Waals surface area contributed by atoms with Gasteiger partial charge in [-0.15, -0.1) is 0 Å². The van der Waals surface area contributed by atoms with Crippen molar-refractivity contribution in [3.05, 3.63) is 97.3 Å². The number of para-hydroxylation sites is 1. The monoisotopic (exact) mass is 546 g/mol. The van der Waals surface area contributed by atoms with Crippen molar-refractivity contribution in [1.82, 2.24) is 0 Å². The molecule has 35 heavy (non-hydrogen) atoms. The van der Waals surface area contributed by atoms with Crippen molar-refractivity contribution in [2.45, 2.75) is 26.9 Å². The molecule has 3 aromatic carbocycles. The molecule has 5 nitrogen and oxygen atoms in total. The van der Waals surface area contributed by atoms with Crippen LogP contribution in [0.1, 0.15) is 32.8 Å². The van der Waals surface area contributed by atoms with Crippen molar-refractivity contribution >= 4 is 32.9 Å². The minimum absolute atomic E-state index is 0.0130. The molecule has 4 aromatic rings. The number of halogens is 4. The highest BCUT2D eigenvalue weighted by molar-refractivity contribution is 9.10. The van der Waals surface area contributed by atoms with E-state index in [9.17, 15) is 22.8 Å². The van der Waals surface area contributed by atoms with Crippen LogP contribution in [-0.2, 0) is 6.18 Å². The molecule has 180 valence electrons. The van der Waals surface area contributed by atoms with E-state index >= 15 is 0 Å². The molecule has 0 bridgehead atoms. The highest BCUT2D eigenvalue weighted by atomic mass is 79.9. The molecule has 0 atom stereocenters. The number of aryl methyl sites for hydroxylation is 3. The maximum atomic E-state index is 13.8. The number of benzene rings is 3. The molecule has 1 heterocycles. The molecule has 0 N–H and O–H groups in total. The Hall–Kier alpha value is -3.59. The van der Waals surface area contributed by atoms with Crippen molar-refractivity contribution < 1.29 is 31.9 Å². The van der Waals surface area contributed by atoms with Gasteiger partial charge in [-0.1, -0.05) is 29.8 Å². The number of hydrogen-bond acceptors (Lipinski definition) is 5. The zero-order valence-corrected chi connectivity index (χ0v) is 20.3. The lowest BCUT2D eigenvalue weighted by atomic mass is 10.00. The lowest BCUT2D eigenvalue weighted by Crippen LogP contribution is -2.16. The first kappa shape index (κ1) is 24.5. The van der Waals surface area contributed by atoms with E-state index in [0.717, 1.165) is 11.6 Å². The van der Waals surface area contributed by atoms with Crippen molar-refractivity contribution in [3.63, 3.8) is 0 Å². The normalized spacial score (nSPS) is 11.5. The molecule has 0 aliphatic rings. The Morgan fingerprint density at radius 3 is 2.26 bits per heavy atom. The summed E-state index contributed by atoms with van der Waals surface area (Å²) in [7, 11) is 0. The molecule has 0 spiro atoms. The molecular formula is C26H18BrF3O5. The zero-order valence-electron chi connectivity index (χ0n) is 18.7. The topological polar surface area (TPSA) is 65.7 Å². The van der Waals surface area contributed by atoms with Crippen LogP contribution in [0, 0.1) is 20.8 Å². The van der Waals surface area contributed by atoms with Gasteiger partial charge in [0.1, 0.15) is 17.1 Å². The first-order valence-electron chi connectivity index (χ1n) is 10.4. The van der Waals surface area contributed by atoms with Crippen LogP contribution < -0.4 is 14.9 Å². The molecule has 1 aromatic heterocycles. The van der Waals surface area contributed by atoms with Crippen LogP contribution in [-0.4, -0.2) is 5.97 Å². The van der Waals surface area contributed by atoms with Gasteiger partial charge in [0.05, 0.1) is 15.4 Å². The molecule has 0 fully saturated rings. The Bertz CT molecular complexity index is 1500. The van der Waals surface area contributed by atoms with E-state index in [1.165, 1.54) is 18.2 Å². The lowest BCUT2D eigenvalue weighted by molar-refractivity contribution is -0.154. The average Bonchev–Trinajstić information content (AvgIpc) is 2.75. The van der Waals surface area contributed by atoms with Gasteiger partial charge < -0.3 is 13.9 Å². The van der Waals surface area contributed by atoms with Crippen molar-refractivity contribution in [2.75, 3.05) is 0 Å². The summed E-state index contributed by atoms with van der Waals surface area (Å²) in [5.74, 6) is -3.32. The fraction of sp³-hybridized carbons (Fsp3) is 0.154. The second-order valence-corrected chi connectivity index (χ2v) is 8.80. The van der Waals surface area contributed by atoms with Gasteiger partial charge in [0.2, 0.25) is 11.2 Å². The Balaban J connectivity index is 1.78. The number of alkyl halides is 3. The van der Waals surface area contributed by atoms with Gasteiger partial charge in [-0.3, -0.25) is 4.79 Å². The SMILES string of the molecule is Cc1cc(C)c(C(=O)Oc2ccc3c(=O)c(Oc4ccccc4Br)c(C(F)(F)F)oc3c2)c(C)c1. The standard InChI is InChI=1S/C26H18BrF3O5/c1-13-10-14(2)21(15(3)11-13)25(32)33-16-8-9-17-20(12-16)35-24(26(28,29)30)23(22(17)31)34-19-7-5-4-6-18(19)27/h4-12H,1-3H3. The second kappa shape index (κ2) is 9.22. The van der Waals surface area contributed by atoms with Crippen LogP contribution in [0.5, 0.6) is 17.2 Å². The highest BCUT2D eigenvalue weighted by Gasteiger charge is 2.40. The summed E-state index contributed by atoms with van der Waals surface area (Å²) in [6.07, 6.45) is -5.02. The van der Waals surface area contributed by atoms with Crippen LogP contribution in [0.2, 0.25) is 0 Å². The van der Waals surface area contributed by atoms with E-state index in [1.54, 1.807) is 32.0 Å². The molecule has 9 heteroatoms. The van der Waals surface area contributed by atoms with E-state index in [-0.39, 0.29) is 16.9 Å². The van der Waals surface area contributed by atoms with Crippen LogP contribution >= 0.6 is 15.9 Å². The summed E-state index contributed by atoms with van der Waals surface area (Å²) in [4.78, 5) is 25.7. The van der Waals surface area contributed by atoms with E-state index in [0.29, 0.717) is 21.2 Å². The number of fused-ring (bicyclic) bond motifs is 1. The minimum Gasteiger partial charge on any atom is -0.448 e. The number of hydrogen-bond donors (Lipinski definition) is 0. The molecule has 0 amide bonds. The number of carbonyl (C=O) groups is 1. The molecule has 4 rings (SSSR count). The van der Waals surface area contributed by atoms with Crippen LogP contribution in [0.3, 0.4) is 0 Å². The fourth-order valence-corrected chi connectivity index (χ4v) is 4.16. The predicted molar refractivity (Wildman–Crippen MR) is 127 cm³/mol. The molecule has 0 unspecified atom stereocenters. The predicted octanol–water partition coefficient (Wildman–Crippen LogP) is 7.51. The van der Waals surface area contributed by atoms with Crippen LogP contribution in [0.15, 0.2) is 68.3 Å². The van der Waals surface area contributed by atoms with Gasteiger partial charge in [-0.2, -0.15) is 13.2 Å². The molecule has 0 aliphatic heterocycles. The maximum absolute atomic E-state index is 13.8. The maximum Gasteiger partial charge on any atom is 0.453 e. The van der Waals surface area contributed by atoms with E-state index in [2.05, 4.69) is 15.9 Å². The van der Waals surface area contributed by atoms with Gasteiger partial charge in [0, 0.05) is 6.07 Å². The summed E-state index contributed by atoms with van der Waals surface area (Å²) in [5, 5.41) is -0.164. The number of carbonyl (C=O) groups excluding carboxylic acids is 1. The lowest BCUT2D eigenvalue weighted by Gasteiger charge is -2.14. The number of esters is 1. The van der Waals surface area contributed by atoms with Gasteiger partial charge in [-0.05, 0) is 72.1 Å². The zero-order chi connectivity index (χ0) is 25.5. The average molecular weight is 547 g/mol. The molecule has 0 aliphatic carbocycles. The summed E-state index contributed by atoms with van der Waals surface area (Å²) >= 11 is 3.18. The van der Waals surface area contributed by atoms with E-state index < -0.39 is 34.7 Å². The molecular weight excluding hydrogens is 529 g/mol. The Labute approximate surface area is 206 Å². The summed E-state index contributed by atoms with van der Waals surface area (Å²) < 4.78 is 57.6. The number of ether oxygens (including phenoxy) is 2. The third-order valence-corrected chi connectivity index (χ3v) is 5.88. The molecule has 0 radical (unpaired) electrons. The van der Waals surface area contributed by atoms with Crippen molar-refractivity contribution in [1.29, 1.82) is 0 Å². The molecule has 0 saturated heterocycles. The minimum atomic E-state index is -5.02. The highest BCUT2D eigenvalue weighted by Crippen LogP contribution is 2.40. The number of rotatable bonds is 4. The van der Waals surface area contributed by atoms with E-state index in [1.807, 2.05) is 19.1 Å². The largest absolute Gasteiger partial charge is 0.453 e. The van der Waals surface area contributed by atoms with Gasteiger partial charge >= 0.3 is 12.1 Å². The Morgan fingerprint density at radius 1 is 0.971 bits per heavy atom. The first-order valence-corrected chi connectivity index (χ1v) is 11.2. The van der Waals surface area contributed by atoms with Gasteiger partial charge in [0.15, 0.2) is 0 Å². The third-order valence-electron chi connectivity index (χ3n) is 5.22. The summed E-state index contributed by atoms with van der Waals surface area (Å²) in [5.41, 5.74) is 1.32. The van der Waals surface area contributed by atoms with Crippen LogP contribution in [0.25, 0.3) is 11.0 Å². The first-order chi connectivity index (χ1) is 16.5. The quantitative estimate of drug-likeness (QED) is 0.196. The summed E-state index contributed by atoms with van der Waals surface area (Å²) in [6, 6.07) is 13.4. The fourth-order valence-electron chi connectivity index (χ4n) is 3.80. The second-order valence-electron chi connectivity index (χ2n) is 7.94. The molecule has 0 saturated carbocycles. The third kappa shape index (κ3) is 4.95. The Morgan fingerprint density at radius 2 is 1.63 bits per heavy atom. The smallest absolute Gasteiger partial charge is 0.448 e.